The Bertz CT molecular complexity index is 866. The van der Waals surface area contributed by atoms with Crippen LogP contribution in [-0.4, -0.2) is 15.6 Å². The summed E-state index contributed by atoms with van der Waals surface area (Å²) in [4.78, 5) is 11.6. The predicted octanol–water partition coefficient (Wildman–Crippen LogP) is 3.97. The van der Waals surface area contributed by atoms with Crippen molar-refractivity contribution in [3.05, 3.63) is 70.9 Å². The molecule has 0 fully saturated rings. The molecule has 0 saturated heterocycles. The SMILES string of the molecule is Cc1c(C(=O)O)n(Cc2ccc(F)cc2)c2ccc(F)cc12. The van der Waals surface area contributed by atoms with Crippen LogP contribution < -0.4 is 0 Å². The smallest absolute Gasteiger partial charge is 0.352 e. The maximum absolute atomic E-state index is 13.4. The fourth-order valence-corrected chi connectivity index (χ4v) is 2.71. The molecule has 0 saturated carbocycles. The van der Waals surface area contributed by atoms with Crippen LogP contribution in [0.2, 0.25) is 0 Å². The van der Waals surface area contributed by atoms with E-state index in [1.54, 1.807) is 29.7 Å². The summed E-state index contributed by atoms with van der Waals surface area (Å²) in [6.45, 7) is 1.93. The zero-order chi connectivity index (χ0) is 15.9. The van der Waals surface area contributed by atoms with E-state index in [1.165, 1.54) is 24.3 Å². The van der Waals surface area contributed by atoms with Crippen molar-refractivity contribution < 1.29 is 18.7 Å². The second-order valence-corrected chi connectivity index (χ2v) is 5.15. The Balaban J connectivity index is 2.20. The van der Waals surface area contributed by atoms with Gasteiger partial charge in [0.15, 0.2) is 0 Å². The zero-order valence-electron chi connectivity index (χ0n) is 11.8. The van der Waals surface area contributed by atoms with Gasteiger partial charge < -0.3 is 9.67 Å². The van der Waals surface area contributed by atoms with Crippen LogP contribution in [0.5, 0.6) is 0 Å². The Morgan fingerprint density at radius 2 is 1.73 bits per heavy atom. The lowest BCUT2D eigenvalue weighted by Crippen LogP contribution is -2.10. The van der Waals surface area contributed by atoms with Gasteiger partial charge in [-0.3, -0.25) is 0 Å². The molecule has 0 unspecified atom stereocenters. The second kappa shape index (κ2) is 5.26. The van der Waals surface area contributed by atoms with Crippen molar-refractivity contribution in [3.63, 3.8) is 0 Å². The third-order valence-electron chi connectivity index (χ3n) is 3.74. The predicted molar refractivity (Wildman–Crippen MR) is 79.1 cm³/mol. The highest BCUT2D eigenvalue weighted by atomic mass is 19.1. The number of rotatable bonds is 3. The Morgan fingerprint density at radius 1 is 1.09 bits per heavy atom. The molecule has 0 atom stereocenters. The Kier molecular flexibility index (Phi) is 3.41. The molecule has 2 aromatic carbocycles. The summed E-state index contributed by atoms with van der Waals surface area (Å²) in [7, 11) is 0. The van der Waals surface area contributed by atoms with Crippen LogP contribution in [0.4, 0.5) is 8.78 Å². The Morgan fingerprint density at radius 3 is 2.36 bits per heavy atom. The first kappa shape index (κ1) is 14.3. The number of carbonyl (C=O) groups is 1. The van der Waals surface area contributed by atoms with E-state index in [9.17, 15) is 18.7 Å². The number of halogens is 2. The molecule has 1 heterocycles. The van der Waals surface area contributed by atoms with Crippen molar-refractivity contribution in [2.75, 3.05) is 0 Å². The van der Waals surface area contributed by atoms with Crippen LogP contribution >= 0.6 is 0 Å². The topological polar surface area (TPSA) is 42.2 Å². The molecular weight excluding hydrogens is 288 g/mol. The second-order valence-electron chi connectivity index (χ2n) is 5.15. The molecule has 3 rings (SSSR count). The molecule has 0 radical (unpaired) electrons. The highest BCUT2D eigenvalue weighted by Gasteiger charge is 2.20. The van der Waals surface area contributed by atoms with E-state index < -0.39 is 11.8 Å². The maximum Gasteiger partial charge on any atom is 0.352 e. The van der Waals surface area contributed by atoms with Gasteiger partial charge in [-0.25, -0.2) is 13.6 Å². The summed E-state index contributed by atoms with van der Waals surface area (Å²) in [6, 6.07) is 10.1. The monoisotopic (exact) mass is 301 g/mol. The highest BCUT2D eigenvalue weighted by Crippen LogP contribution is 2.27. The van der Waals surface area contributed by atoms with Gasteiger partial charge in [0, 0.05) is 17.4 Å². The molecule has 0 spiro atoms. The highest BCUT2D eigenvalue weighted by molar-refractivity contribution is 5.98. The first-order chi connectivity index (χ1) is 10.5. The van der Waals surface area contributed by atoms with Crippen molar-refractivity contribution in [2.24, 2.45) is 0 Å². The van der Waals surface area contributed by atoms with Gasteiger partial charge >= 0.3 is 5.97 Å². The van der Waals surface area contributed by atoms with Crippen LogP contribution in [0.1, 0.15) is 21.6 Å². The van der Waals surface area contributed by atoms with Crippen LogP contribution in [-0.2, 0) is 6.54 Å². The summed E-state index contributed by atoms with van der Waals surface area (Å²) in [5.41, 5.74) is 2.04. The van der Waals surface area contributed by atoms with Gasteiger partial charge in [0.2, 0.25) is 0 Å². The maximum atomic E-state index is 13.4. The molecule has 3 aromatic rings. The van der Waals surface area contributed by atoms with E-state index >= 15 is 0 Å². The Hall–Kier alpha value is -2.69. The number of fused-ring (bicyclic) bond motifs is 1. The minimum atomic E-state index is -1.07. The zero-order valence-corrected chi connectivity index (χ0v) is 11.8. The van der Waals surface area contributed by atoms with Crippen molar-refractivity contribution in [3.8, 4) is 0 Å². The van der Waals surface area contributed by atoms with Gasteiger partial charge in [0.25, 0.3) is 0 Å². The van der Waals surface area contributed by atoms with E-state index in [4.69, 9.17) is 0 Å². The first-order valence-corrected chi connectivity index (χ1v) is 6.73. The quantitative estimate of drug-likeness (QED) is 0.795. The molecule has 0 aliphatic heterocycles. The van der Waals surface area contributed by atoms with Crippen LogP contribution in [0.3, 0.4) is 0 Å². The summed E-state index contributed by atoms with van der Waals surface area (Å²) in [6.07, 6.45) is 0. The molecule has 0 aliphatic rings. The third kappa shape index (κ3) is 2.35. The minimum absolute atomic E-state index is 0.116. The molecule has 0 aliphatic carbocycles. The standard InChI is InChI=1S/C17H13F2NO2/c1-10-14-8-13(19)6-7-15(14)20(16(10)17(21)22)9-11-2-4-12(18)5-3-11/h2-8H,9H2,1H3,(H,21,22). The minimum Gasteiger partial charge on any atom is -0.477 e. The molecule has 5 heteroatoms. The average molecular weight is 301 g/mol. The molecule has 3 nitrogen and oxygen atoms in total. The summed E-state index contributed by atoms with van der Waals surface area (Å²) in [5.74, 6) is -1.83. The molecule has 0 amide bonds. The normalized spacial score (nSPS) is 11.0. The molecular formula is C17H13F2NO2. The summed E-state index contributed by atoms with van der Waals surface area (Å²) < 4.78 is 28.0. The van der Waals surface area contributed by atoms with E-state index in [1.807, 2.05) is 0 Å². The van der Waals surface area contributed by atoms with Gasteiger partial charge in [-0.15, -0.1) is 0 Å². The van der Waals surface area contributed by atoms with Gasteiger partial charge in [-0.2, -0.15) is 0 Å². The van der Waals surface area contributed by atoms with Crippen LogP contribution in [0.25, 0.3) is 10.9 Å². The number of benzene rings is 2. The number of hydrogen-bond donors (Lipinski definition) is 1. The number of carboxylic acids is 1. The number of aromatic carboxylic acids is 1. The molecule has 0 bridgehead atoms. The summed E-state index contributed by atoms with van der Waals surface area (Å²) in [5, 5.41) is 10.0. The number of hydrogen-bond acceptors (Lipinski definition) is 1. The van der Waals surface area contributed by atoms with E-state index in [0.717, 1.165) is 5.56 Å². The van der Waals surface area contributed by atoms with Crippen LogP contribution in [0.15, 0.2) is 42.5 Å². The average Bonchev–Trinajstić information content (AvgIpc) is 2.74. The van der Waals surface area contributed by atoms with Gasteiger partial charge in [-0.1, -0.05) is 12.1 Å². The fourth-order valence-electron chi connectivity index (χ4n) is 2.71. The van der Waals surface area contributed by atoms with Gasteiger partial charge in [0.05, 0.1) is 0 Å². The molecule has 112 valence electrons. The van der Waals surface area contributed by atoms with Crippen molar-refractivity contribution in [1.82, 2.24) is 4.57 Å². The number of carboxylic acid groups (broad SMARTS) is 1. The number of aryl methyl sites for hydroxylation is 1. The first-order valence-electron chi connectivity index (χ1n) is 6.73. The number of aromatic nitrogens is 1. The lowest BCUT2D eigenvalue weighted by molar-refractivity contribution is 0.0685. The molecule has 1 N–H and O–H groups in total. The fraction of sp³-hybridized carbons (Fsp3) is 0.118. The Labute approximate surface area is 125 Å². The largest absolute Gasteiger partial charge is 0.477 e. The lowest BCUT2D eigenvalue weighted by atomic mass is 10.1. The molecule has 22 heavy (non-hydrogen) atoms. The van der Waals surface area contributed by atoms with E-state index in [-0.39, 0.29) is 18.1 Å². The van der Waals surface area contributed by atoms with Crippen LogP contribution in [0, 0.1) is 18.6 Å². The van der Waals surface area contributed by atoms with Gasteiger partial charge in [-0.05, 0) is 48.4 Å². The van der Waals surface area contributed by atoms with Crippen molar-refractivity contribution in [1.29, 1.82) is 0 Å². The lowest BCUT2D eigenvalue weighted by Gasteiger charge is -2.09. The number of nitrogens with zero attached hydrogens (tertiary/aromatic N) is 1. The van der Waals surface area contributed by atoms with Crippen molar-refractivity contribution in [2.45, 2.75) is 13.5 Å². The van der Waals surface area contributed by atoms with E-state index in [2.05, 4.69) is 0 Å². The summed E-state index contributed by atoms with van der Waals surface area (Å²) >= 11 is 0. The van der Waals surface area contributed by atoms with Gasteiger partial charge in [0.1, 0.15) is 17.3 Å². The third-order valence-corrected chi connectivity index (χ3v) is 3.74. The molecule has 1 aromatic heterocycles. The van der Waals surface area contributed by atoms with E-state index in [0.29, 0.717) is 16.5 Å². The van der Waals surface area contributed by atoms with Crippen molar-refractivity contribution >= 4 is 16.9 Å².